The normalized spacial score (nSPS) is 15.2. The number of methoxy groups -OCH3 is 1. The van der Waals surface area contributed by atoms with Crippen LogP contribution >= 0.6 is 0 Å². The van der Waals surface area contributed by atoms with Crippen molar-refractivity contribution in [1.82, 2.24) is 10.2 Å². The van der Waals surface area contributed by atoms with E-state index in [9.17, 15) is 14.4 Å². The van der Waals surface area contributed by atoms with E-state index in [0.717, 1.165) is 0 Å². The predicted octanol–water partition coefficient (Wildman–Crippen LogP) is 2.05. The quantitative estimate of drug-likeness (QED) is 0.653. The van der Waals surface area contributed by atoms with Crippen molar-refractivity contribution < 1.29 is 23.9 Å². The van der Waals surface area contributed by atoms with E-state index >= 15 is 0 Å². The summed E-state index contributed by atoms with van der Waals surface area (Å²) in [5, 5.41) is 2.83. The van der Waals surface area contributed by atoms with Gasteiger partial charge in [-0.05, 0) is 36.6 Å². The Kier molecular flexibility index (Phi) is 8.44. The van der Waals surface area contributed by atoms with Gasteiger partial charge in [-0.15, -0.1) is 0 Å². The molecule has 0 bridgehead atoms. The molecule has 1 aromatic rings. The second-order valence-electron chi connectivity index (χ2n) is 7.34. The van der Waals surface area contributed by atoms with Crippen molar-refractivity contribution in [3.05, 3.63) is 29.8 Å². The fourth-order valence-electron chi connectivity index (χ4n) is 3.11. The Hall–Kier alpha value is -2.41. The van der Waals surface area contributed by atoms with Crippen LogP contribution in [0.5, 0.6) is 5.75 Å². The van der Waals surface area contributed by atoms with Gasteiger partial charge in [0.15, 0.2) is 5.78 Å². The van der Waals surface area contributed by atoms with Gasteiger partial charge < -0.3 is 19.7 Å². The SMILES string of the molecule is COc1ccc(C(=O)CCC(=O)NC(CC(C)C)C(=O)N2CCOCC2)cc1. The summed E-state index contributed by atoms with van der Waals surface area (Å²) in [6.07, 6.45) is 0.711. The van der Waals surface area contributed by atoms with Gasteiger partial charge >= 0.3 is 0 Å². The summed E-state index contributed by atoms with van der Waals surface area (Å²) < 4.78 is 10.4. The molecule has 1 heterocycles. The van der Waals surface area contributed by atoms with Gasteiger partial charge in [0, 0.05) is 31.5 Å². The van der Waals surface area contributed by atoms with Gasteiger partial charge in [0.2, 0.25) is 11.8 Å². The minimum absolute atomic E-state index is 0.0514. The van der Waals surface area contributed by atoms with E-state index in [1.54, 1.807) is 36.3 Å². The van der Waals surface area contributed by atoms with Crippen molar-refractivity contribution in [1.29, 1.82) is 0 Å². The highest BCUT2D eigenvalue weighted by Crippen LogP contribution is 2.14. The molecule has 1 fully saturated rings. The third-order valence-electron chi connectivity index (χ3n) is 4.65. The van der Waals surface area contributed by atoms with Crippen LogP contribution in [-0.2, 0) is 14.3 Å². The molecule has 2 amide bonds. The molecule has 7 nitrogen and oxygen atoms in total. The molecular weight excluding hydrogens is 360 g/mol. The first-order chi connectivity index (χ1) is 13.4. The highest BCUT2D eigenvalue weighted by atomic mass is 16.5. The Labute approximate surface area is 166 Å². The van der Waals surface area contributed by atoms with Crippen LogP contribution in [0, 0.1) is 5.92 Å². The molecule has 0 aliphatic carbocycles. The standard InChI is InChI=1S/C21H30N2O5/c1-15(2)14-18(21(26)23-10-12-28-13-11-23)22-20(25)9-8-19(24)16-4-6-17(27-3)7-5-16/h4-7,15,18H,8-14H2,1-3H3,(H,22,25). The minimum Gasteiger partial charge on any atom is -0.497 e. The van der Waals surface area contributed by atoms with Crippen LogP contribution in [0.1, 0.15) is 43.5 Å². The number of nitrogens with one attached hydrogen (secondary N) is 1. The maximum atomic E-state index is 12.8. The molecule has 7 heteroatoms. The molecule has 28 heavy (non-hydrogen) atoms. The third kappa shape index (κ3) is 6.64. The van der Waals surface area contributed by atoms with Crippen LogP contribution in [0.25, 0.3) is 0 Å². The second-order valence-corrected chi connectivity index (χ2v) is 7.34. The topological polar surface area (TPSA) is 84.9 Å². The van der Waals surface area contributed by atoms with E-state index < -0.39 is 6.04 Å². The zero-order chi connectivity index (χ0) is 20.5. The zero-order valence-corrected chi connectivity index (χ0v) is 16.9. The van der Waals surface area contributed by atoms with Gasteiger partial charge in [-0.1, -0.05) is 13.8 Å². The molecule has 0 saturated carbocycles. The average molecular weight is 390 g/mol. The van der Waals surface area contributed by atoms with Crippen molar-refractivity contribution in [2.75, 3.05) is 33.4 Å². The second kappa shape index (κ2) is 10.8. The first-order valence-corrected chi connectivity index (χ1v) is 9.74. The van der Waals surface area contributed by atoms with Crippen LogP contribution in [0.3, 0.4) is 0 Å². The van der Waals surface area contributed by atoms with Crippen molar-refractivity contribution >= 4 is 17.6 Å². The molecule has 1 atom stereocenters. The molecule has 1 aliphatic heterocycles. The van der Waals surface area contributed by atoms with Gasteiger partial charge in [0.1, 0.15) is 11.8 Å². The van der Waals surface area contributed by atoms with Gasteiger partial charge in [-0.25, -0.2) is 0 Å². The number of hydrogen-bond donors (Lipinski definition) is 1. The number of hydrogen-bond acceptors (Lipinski definition) is 5. The summed E-state index contributed by atoms with van der Waals surface area (Å²) in [5.41, 5.74) is 0.539. The van der Waals surface area contributed by atoms with Crippen molar-refractivity contribution in [2.45, 2.75) is 39.2 Å². The van der Waals surface area contributed by atoms with E-state index in [1.165, 1.54) is 0 Å². The van der Waals surface area contributed by atoms with Gasteiger partial charge in [-0.2, -0.15) is 0 Å². The number of benzene rings is 1. The number of carbonyl (C=O) groups is 3. The monoisotopic (exact) mass is 390 g/mol. The number of ketones is 1. The van der Waals surface area contributed by atoms with Crippen LogP contribution < -0.4 is 10.1 Å². The highest BCUT2D eigenvalue weighted by molar-refractivity contribution is 5.98. The predicted molar refractivity (Wildman–Crippen MR) is 105 cm³/mol. The molecule has 1 aliphatic rings. The van der Waals surface area contributed by atoms with E-state index in [-0.39, 0.29) is 36.4 Å². The minimum atomic E-state index is -0.568. The van der Waals surface area contributed by atoms with Crippen molar-refractivity contribution in [3.8, 4) is 5.75 Å². The number of Topliss-reactive ketones (excluding diaryl/α,β-unsaturated/α-hetero) is 1. The van der Waals surface area contributed by atoms with E-state index in [2.05, 4.69) is 5.32 Å². The molecule has 0 spiro atoms. The van der Waals surface area contributed by atoms with Gasteiger partial charge in [0.05, 0.1) is 20.3 Å². The summed E-state index contributed by atoms with van der Waals surface area (Å²) >= 11 is 0. The Bertz CT molecular complexity index is 666. The fraction of sp³-hybridized carbons (Fsp3) is 0.571. The molecule has 1 N–H and O–H groups in total. The third-order valence-corrected chi connectivity index (χ3v) is 4.65. The lowest BCUT2D eigenvalue weighted by Crippen LogP contribution is -2.52. The number of nitrogens with zero attached hydrogens (tertiary/aromatic N) is 1. The van der Waals surface area contributed by atoms with Crippen LogP contribution in [-0.4, -0.2) is 62.0 Å². The van der Waals surface area contributed by atoms with Crippen molar-refractivity contribution in [2.24, 2.45) is 5.92 Å². The number of carbonyl (C=O) groups excluding carboxylic acids is 3. The zero-order valence-electron chi connectivity index (χ0n) is 16.9. The fourth-order valence-corrected chi connectivity index (χ4v) is 3.11. The molecule has 154 valence electrons. The molecule has 1 saturated heterocycles. The largest absolute Gasteiger partial charge is 0.497 e. The van der Waals surface area contributed by atoms with Gasteiger partial charge in [0.25, 0.3) is 0 Å². The van der Waals surface area contributed by atoms with Gasteiger partial charge in [-0.3, -0.25) is 14.4 Å². The Morgan fingerprint density at radius 1 is 1.11 bits per heavy atom. The Balaban J connectivity index is 1.89. The summed E-state index contributed by atoms with van der Waals surface area (Å²) in [6.45, 7) is 6.14. The summed E-state index contributed by atoms with van der Waals surface area (Å²) in [7, 11) is 1.56. The summed E-state index contributed by atoms with van der Waals surface area (Å²) in [4.78, 5) is 39.2. The Morgan fingerprint density at radius 2 is 1.75 bits per heavy atom. The molecule has 1 aromatic carbocycles. The number of rotatable bonds is 9. The lowest BCUT2D eigenvalue weighted by molar-refractivity contribution is -0.140. The average Bonchev–Trinajstić information content (AvgIpc) is 2.71. The smallest absolute Gasteiger partial charge is 0.245 e. The number of ether oxygens (including phenoxy) is 2. The molecule has 1 unspecified atom stereocenters. The highest BCUT2D eigenvalue weighted by Gasteiger charge is 2.27. The molecule has 0 radical (unpaired) electrons. The maximum absolute atomic E-state index is 12.8. The van der Waals surface area contributed by atoms with Crippen LogP contribution in [0.4, 0.5) is 0 Å². The van der Waals surface area contributed by atoms with Crippen molar-refractivity contribution in [3.63, 3.8) is 0 Å². The lowest BCUT2D eigenvalue weighted by atomic mass is 10.0. The van der Waals surface area contributed by atoms with Crippen LogP contribution in [0.15, 0.2) is 24.3 Å². The van der Waals surface area contributed by atoms with E-state index in [0.29, 0.717) is 44.0 Å². The first kappa shape index (κ1) is 21.9. The molecule has 0 aromatic heterocycles. The first-order valence-electron chi connectivity index (χ1n) is 9.74. The van der Waals surface area contributed by atoms with E-state index in [4.69, 9.17) is 9.47 Å². The molecule has 2 rings (SSSR count). The summed E-state index contributed by atoms with van der Waals surface area (Å²) in [6, 6.07) is 6.23. The Morgan fingerprint density at radius 3 is 2.32 bits per heavy atom. The number of amides is 2. The van der Waals surface area contributed by atoms with Crippen LogP contribution in [0.2, 0.25) is 0 Å². The summed E-state index contributed by atoms with van der Waals surface area (Å²) in [5.74, 6) is 0.460. The lowest BCUT2D eigenvalue weighted by Gasteiger charge is -2.31. The number of morpholine rings is 1. The van der Waals surface area contributed by atoms with E-state index in [1.807, 2.05) is 13.8 Å². The molecular formula is C21H30N2O5. The maximum Gasteiger partial charge on any atom is 0.245 e.